The predicted molar refractivity (Wildman–Crippen MR) is 84.4 cm³/mol. The Labute approximate surface area is 128 Å². The topological polar surface area (TPSA) is 51.2 Å². The maximum Gasteiger partial charge on any atom is 0.230 e. The number of benzene rings is 1. The number of nitrogens with one attached hydrogen (secondary N) is 1. The molecule has 1 amide bonds. The van der Waals surface area contributed by atoms with Crippen LogP contribution in [0.25, 0.3) is 10.6 Å². The van der Waals surface area contributed by atoms with Crippen molar-refractivity contribution in [3.05, 3.63) is 35.3 Å². The quantitative estimate of drug-likeness (QED) is 0.944. The van der Waals surface area contributed by atoms with Gasteiger partial charge in [0.15, 0.2) is 0 Å². The lowest BCUT2D eigenvalue weighted by atomic mass is 10.0. The summed E-state index contributed by atoms with van der Waals surface area (Å²) in [4.78, 5) is 16.7. The number of amides is 1. The second kappa shape index (κ2) is 5.95. The first-order valence-electron chi connectivity index (χ1n) is 7.08. The van der Waals surface area contributed by atoms with Crippen LogP contribution < -0.4 is 5.32 Å². The zero-order valence-corrected chi connectivity index (χ0v) is 12.9. The molecule has 21 heavy (non-hydrogen) atoms. The summed E-state index contributed by atoms with van der Waals surface area (Å²) in [6, 6.07) is 7.82. The molecule has 0 radical (unpaired) electrons. The maximum absolute atomic E-state index is 12.3. The Hall–Kier alpha value is -1.72. The number of hydrogen-bond acceptors (Lipinski definition) is 4. The highest BCUT2D eigenvalue weighted by Crippen LogP contribution is 2.27. The van der Waals surface area contributed by atoms with Crippen LogP contribution in [-0.4, -0.2) is 23.6 Å². The van der Waals surface area contributed by atoms with Crippen molar-refractivity contribution in [2.24, 2.45) is 5.92 Å². The van der Waals surface area contributed by atoms with E-state index in [9.17, 15) is 4.79 Å². The Morgan fingerprint density at radius 2 is 2.33 bits per heavy atom. The second-order valence-electron chi connectivity index (χ2n) is 5.34. The van der Waals surface area contributed by atoms with Crippen LogP contribution in [0.2, 0.25) is 0 Å². The van der Waals surface area contributed by atoms with Crippen molar-refractivity contribution in [1.29, 1.82) is 0 Å². The monoisotopic (exact) mass is 302 g/mol. The van der Waals surface area contributed by atoms with E-state index in [4.69, 9.17) is 4.74 Å². The number of rotatable bonds is 3. The van der Waals surface area contributed by atoms with Crippen molar-refractivity contribution in [3.8, 4) is 10.6 Å². The average Bonchev–Trinajstić information content (AvgIpc) is 3.08. The third kappa shape index (κ3) is 3.14. The molecule has 0 saturated carbocycles. The van der Waals surface area contributed by atoms with Crippen molar-refractivity contribution in [3.63, 3.8) is 0 Å². The van der Waals surface area contributed by atoms with Crippen molar-refractivity contribution in [2.75, 3.05) is 11.9 Å². The molecule has 1 aromatic carbocycles. The van der Waals surface area contributed by atoms with Gasteiger partial charge in [-0.3, -0.25) is 4.79 Å². The van der Waals surface area contributed by atoms with Crippen LogP contribution in [-0.2, 0) is 9.53 Å². The van der Waals surface area contributed by atoms with E-state index >= 15 is 0 Å². The number of carbonyl (C=O) groups is 1. The highest BCUT2D eigenvalue weighted by atomic mass is 32.1. The first kappa shape index (κ1) is 14.2. The first-order valence-corrected chi connectivity index (χ1v) is 7.96. The van der Waals surface area contributed by atoms with Gasteiger partial charge in [-0.15, -0.1) is 11.3 Å². The van der Waals surface area contributed by atoms with Gasteiger partial charge in [0.25, 0.3) is 0 Å². The van der Waals surface area contributed by atoms with Gasteiger partial charge in [-0.1, -0.05) is 12.1 Å². The minimum absolute atomic E-state index is 0.00482. The van der Waals surface area contributed by atoms with Gasteiger partial charge < -0.3 is 10.1 Å². The fourth-order valence-corrected chi connectivity index (χ4v) is 3.32. The Morgan fingerprint density at radius 1 is 1.48 bits per heavy atom. The molecule has 0 spiro atoms. The molecule has 1 saturated heterocycles. The first-order chi connectivity index (χ1) is 10.1. The van der Waals surface area contributed by atoms with Gasteiger partial charge in [0.1, 0.15) is 5.01 Å². The van der Waals surface area contributed by atoms with E-state index in [1.165, 1.54) is 0 Å². The fourth-order valence-electron chi connectivity index (χ4n) is 2.53. The minimum atomic E-state index is -0.0595. The number of carbonyl (C=O) groups excluding carboxylic acids is 1. The molecule has 0 bridgehead atoms. The zero-order chi connectivity index (χ0) is 14.8. The molecule has 3 rings (SSSR count). The van der Waals surface area contributed by atoms with Crippen LogP contribution in [0.5, 0.6) is 0 Å². The van der Waals surface area contributed by atoms with Gasteiger partial charge in [-0.2, -0.15) is 0 Å². The Kier molecular flexibility index (Phi) is 4.03. The zero-order valence-electron chi connectivity index (χ0n) is 12.1. The third-order valence-corrected chi connectivity index (χ3v) is 4.72. The molecule has 2 atom stereocenters. The summed E-state index contributed by atoms with van der Waals surface area (Å²) in [6.07, 6.45) is 0.785. The van der Waals surface area contributed by atoms with E-state index in [1.807, 2.05) is 43.5 Å². The maximum atomic E-state index is 12.3. The lowest BCUT2D eigenvalue weighted by molar-refractivity contribution is -0.121. The van der Waals surface area contributed by atoms with Gasteiger partial charge in [-0.05, 0) is 32.4 Å². The normalized spacial score (nSPS) is 21.4. The summed E-state index contributed by atoms with van der Waals surface area (Å²) in [6.45, 7) is 4.59. The number of aryl methyl sites for hydroxylation is 1. The summed E-state index contributed by atoms with van der Waals surface area (Å²) in [5.74, 6) is -0.0248. The van der Waals surface area contributed by atoms with Crippen LogP contribution in [0, 0.1) is 12.8 Å². The highest BCUT2D eigenvalue weighted by molar-refractivity contribution is 7.13. The molecule has 4 nitrogen and oxygen atoms in total. The van der Waals surface area contributed by atoms with E-state index in [2.05, 4.69) is 10.3 Å². The molecule has 2 aromatic rings. The molecular formula is C16H18N2O2S. The van der Waals surface area contributed by atoms with Crippen LogP contribution >= 0.6 is 11.3 Å². The van der Waals surface area contributed by atoms with Crippen LogP contribution in [0.3, 0.4) is 0 Å². The minimum Gasteiger partial charge on any atom is -0.378 e. The number of aromatic nitrogens is 1. The number of ether oxygens (including phenoxy) is 1. The molecule has 1 fully saturated rings. The van der Waals surface area contributed by atoms with E-state index in [1.54, 1.807) is 11.3 Å². The summed E-state index contributed by atoms with van der Waals surface area (Å²) in [5, 5.41) is 5.99. The Bertz CT molecular complexity index is 653. The standard InChI is InChI=1S/C16H18N2O2S/c1-10-9-21-16(17-10)12-4-3-5-13(8-12)18-15(19)14-6-7-20-11(14)2/h3-5,8-9,11,14H,6-7H2,1-2H3,(H,18,19). The lowest BCUT2D eigenvalue weighted by Crippen LogP contribution is -2.27. The number of thiazole rings is 1. The Morgan fingerprint density at radius 3 is 3.00 bits per heavy atom. The summed E-state index contributed by atoms with van der Waals surface area (Å²) < 4.78 is 5.45. The molecule has 1 N–H and O–H groups in total. The van der Waals surface area contributed by atoms with E-state index in [0.29, 0.717) is 6.61 Å². The second-order valence-corrected chi connectivity index (χ2v) is 6.19. The van der Waals surface area contributed by atoms with Crippen LogP contribution in [0.4, 0.5) is 5.69 Å². The molecule has 0 aliphatic carbocycles. The van der Waals surface area contributed by atoms with Crippen LogP contribution in [0.15, 0.2) is 29.6 Å². The molecule has 5 heteroatoms. The molecule has 110 valence electrons. The van der Waals surface area contributed by atoms with Gasteiger partial charge in [0.05, 0.1) is 12.0 Å². The van der Waals surface area contributed by atoms with Gasteiger partial charge in [0, 0.05) is 28.9 Å². The molecular weight excluding hydrogens is 284 g/mol. The third-order valence-electron chi connectivity index (χ3n) is 3.71. The number of nitrogens with zero attached hydrogens (tertiary/aromatic N) is 1. The van der Waals surface area contributed by atoms with Crippen molar-refractivity contribution < 1.29 is 9.53 Å². The van der Waals surface area contributed by atoms with Crippen molar-refractivity contribution in [2.45, 2.75) is 26.4 Å². The highest BCUT2D eigenvalue weighted by Gasteiger charge is 2.30. The van der Waals surface area contributed by atoms with E-state index < -0.39 is 0 Å². The summed E-state index contributed by atoms with van der Waals surface area (Å²) >= 11 is 1.61. The van der Waals surface area contributed by atoms with Gasteiger partial charge in [0.2, 0.25) is 5.91 Å². The van der Waals surface area contributed by atoms with Gasteiger partial charge in [-0.25, -0.2) is 4.98 Å². The van der Waals surface area contributed by atoms with E-state index in [-0.39, 0.29) is 17.9 Å². The smallest absolute Gasteiger partial charge is 0.230 e. The summed E-state index contributed by atoms with van der Waals surface area (Å²) in [5.41, 5.74) is 2.85. The summed E-state index contributed by atoms with van der Waals surface area (Å²) in [7, 11) is 0. The fraction of sp³-hybridized carbons (Fsp3) is 0.375. The predicted octanol–water partition coefficient (Wildman–Crippen LogP) is 3.48. The molecule has 1 aliphatic rings. The Balaban J connectivity index is 1.76. The molecule has 2 heterocycles. The van der Waals surface area contributed by atoms with E-state index in [0.717, 1.165) is 28.4 Å². The van der Waals surface area contributed by atoms with Gasteiger partial charge >= 0.3 is 0 Å². The van der Waals surface area contributed by atoms with Crippen molar-refractivity contribution >= 4 is 22.9 Å². The van der Waals surface area contributed by atoms with Crippen molar-refractivity contribution in [1.82, 2.24) is 4.98 Å². The number of anilines is 1. The average molecular weight is 302 g/mol. The largest absolute Gasteiger partial charge is 0.378 e. The molecule has 1 aliphatic heterocycles. The SMILES string of the molecule is Cc1csc(-c2cccc(NC(=O)C3CCOC3C)c2)n1. The number of hydrogen-bond donors (Lipinski definition) is 1. The lowest BCUT2D eigenvalue weighted by Gasteiger charge is -2.14. The van der Waals surface area contributed by atoms with Crippen LogP contribution in [0.1, 0.15) is 19.0 Å². The molecule has 1 aromatic heterocycles. The molecule has 2 unspecified atom stereocenters.